The number of carbonyl (C=O) groups is 1. The molecule has 0 radical (unpaired) electrons. The summed E-state index contributed by atoms with van der Waals surface area (Å²) in [7, 11) is 0. The average molecular weight is 141 g/mol. The van der Waals surface area contributed by atoms with Gasteiger partial charge in [0.05, 0.1) is 0 Å². The van der Waals surface area contributed by atoms with Gasteiger partial charge in [0.25, 0.3) is 0 Å². The Bertz CT molecular complexity index is 133. The number of nitrogens with one attached hydrogen (secondary N) is 1. The van der Waals surface area contributed by atoms with Gasteiger partial charge in [-0.2, -0.15) is 0 Å². The van der Waals surface area contributed by atoms with Crippen LogP contribution in [0.15, 0.2) is 0 Å². The van der Waals surface area contributed by atoms with E-state index >= 15 is 0 Å². The van der Waals surface area contributed by atoms with Crippen molar-refractivity contribution in [2.45, 2.75) is 39.2 Å². The number of hydrogen-bond acceptors (Lipinski definition) is 1. The van der Waals surface area contributed by atoms with Crippen LogP contribution in [0.25, 0.3) is 0 Å². The van der Waals surface area contributed by atoms with Gasteiger partial charge in [-0.05, 0) is 25.2 Å². The summed E-state index contributed by atoms with van der Waals surface area (Å²) in [5, 5.41) is 2.93. The number of rotatable bonds is 1. The van der Waals surface area contributed by atoms with Gasteiger partial charge < -0.3 is 5.32 Å². The summed E-state index contributed by atoms with van der Waals surface area (Å²) in [5.41, 5.74) is 0. The molecule has 1 saturated carbocycles. The molecule has 0 heterocycles. The number of hydrogen-bond donors (Lipinski definition) is 1. The number of amides is 1. The molecule has 0 aromatic heterocycles. The molecular formula is C8H15NO. The van der Waals surface area contributed by atoms with Gasteiger partial charge >= 0.3 is 0 Å². The van der Waals surface area contributed by atoms with Gasteiger partial charge in [0.2, 0.25) is 5.91 Å². The molecule has 1 amide bonds. The molecule has 1 aliphatic carbocycles. The Balaban J connectivity index is 2.24. The first kappa shape index (κ1) is 7.58. The lowest BCUT2D eigenvalue weighted by Gasteiger charge is -2.09. The molecule has 0 aromatic rings. The Labute approximate surface area is 62.0 Å². The molecule has 1 fully saturated rings. The van der Waals surface area contributed by atoms with E-state index in [4.69, 9.17) is 0 Å². The lowest BCUT2D eigenvalue weighted by Crippen LogP contribution is -2.30. The summed E-state index contributed by atoms with van der Waals surface area (Å²) in [6.45, 7) is 3.82. The highest BCUT2D eigenvalue weighted by molar-refractivity contribution is 5.73. The zero-order chi connectivity index (χ0) is 7.56. The van der Waals surface area contributed by atoms with Gasteiger partial charge in [-0.3, -0.25) is 4.79 Å². The quantitative estimate of drug-likeness (QED) is 0.586. The van der Waals surface area contributed by atoms with Crippen molar-refractivity contribution in [1.82, 2.24) is 5.32 Å². The van der Waals surface area contributed by atoms with Gasteiger partial charge in [0.15, 0.2) is 0 Å². The molecular weight excluding hydrogens is 126 g/mol. The maximum atomic E-state index is 10.6. The van der Waals surface area contributed by atoms with Crippen LogP contribution in [0.1, 0.15) is 33.1 Å². The van der Waals surface area contributed by atoms with E-state index < -0.39 is 0 Å². The standard InChI is InChI=1S/C8H15NO/c1-6-3-4-8(5-6)9-7(2)10/h6,8H,3-5H2,1-2H3,(H,9,10)/t6-,8+/m0/s1. The lowest BCUT2D eigenvalue weighted by atomic mass is 10.1. The van der Waals surface area contributed by atoms with Crippen LogP contribution in [0.4, 0.5) is 0 Å². The van der Waals surface area contributed by atoms with Crippen molar-refractivity contribution in [3.05, 3.63) is 0 Å². The molecule has 1 aliphatic rings. The molecule has 0 aliphatic heterocycles. The van der Waals surface area contributed by atoms with E-state index in [9.17, 15) is 4.79 Å². The largest absolute Gasteiger partial charge is 0.354 e. The van der Waals surface area contributed by atoms with Crippen LogP contribution in [0.3, 0.4) is 0 Å². The van der Waals surface area contributed by atoms with Crippen LogP contribution < -0.4 is 5.32 Å². The fourth-order valence-corrected chi connectivity index (χ4v) is 1.63. The van der Waals surface area contributed by atoms with E-state index in [2.05, 4.69) is 12.2 Å². The average Bonchev–Trinajstić information content (AvgIpc) is 2.13. The van der Waals surface area contributed by atoms with Gasteiger partial charge in [0.1, 0.15) is 0 Å². The van der Waals surface area contributed by atoms with Gasteiger partial charge in [-0.25, -0.2) is 0 Å². The molecule has 0 aromatic carbocycles. The zero-order valence-electron chi connectivity index (χ0n) is 6.68. The Morgan fingerprint density at radius 1 is 1.50 bits per heavy atom. The Kier molecular flexibility index (Phi) is 2.30. The minimum absolute atomic E-state index is 0.110. The Morgan fingerprint density at radius 3 is 2.60 bits per heavy atom. The van der Waals surface area contributed by atoms with Gasteiger partial charge in [0, 0.05) is 13.0 Å². The molecule has 58 valence electrons. The van der Waals surface area contributed by atoms with Gasteiger partial charge in [-0.1, -0.05) is 6.92 Å². The van der Waals surface area contributed by atoms with Crippen LogP contribution in [0.2, 0.25) is 0 Å². The summed E-state index contributed by atoms with van der Waals surface area (Å²) < 4.78 is 0. The van der Waals surface area contributed by atoms with E-state index in [1.807, 2.05) is 0 Å². The van der Waals surface area contributed by atoms with Crippen molar-refractivity contribution >= 4 is 5.91 Å². The minimum Gasteiger partial charge on any atom is -0.354 e. The highest BCUT2D eigenvalue weighted by Crippen LogP contribution is 2.24. The zero-order valence-corrected chi connectivity index (χ0v) is 6.68. The second-order valence-electron chi connectivity index (χ2n) is 3.32. The summed E-state index contributed by atoms with van der Waals surface area (Å²) in [5.74, 6) is 0.913. The molecule has 1 rings (SSSR count). The fourth-order valence-electron chi connectivity index (χ4n) is 1.63. The van der Waals surface area contributed by atoms with Crippen molar-refractivity contribution < 1.29 is 4.79 Å². The van der Waals surface area contributed by atoms with Crippen LogP contribution in [0, 0.1) is 5.92 Å². The highest BCUT2D eigenvalue weighted by atomic mass is 16.1. The first-order valence-electron chi connectivity index (χ1n) is 3.95. The molecule has 0 saturated heterocycles. The molecule has 2 nitrogen and oxygen atoms in total. The summed E-state index contributed by atoms with van der Waals surface area (Å²) in [6.07, 6.45) is 3.60. The first-order chi connectivity index (χ1) is 4.68. The van der Waals surface area contributed by atoms with Crippen molar-refractivity contribution in [2.75, 3.05) is 0 Å². The van der Waals surface area contributed by atoms with Crippen molar-refractivity contribution in [1.29, 1.82) is 0 Å². The fraction of sp³-hybridized carbons (Fsp3) is 0.875. The van der Waals surface area contributed by atoms with E-state index in [0.29, 0.717) is 6.04 Å². The van der Waals surface area contributed by atoms with Crippen molar-refractivity contribution in [3.8, 4) is 0 Å². The predicted octanol–water partition coefficient (Wildman–Crippen LogP) is 1.31. The predicted molar refractivity (Wildman–Crippen MR) is 40.6 cm³/mol. The summed E-state index contributed by atoms with van der Waals surface area (Å²) >= 11 is 0. The third-order valence-corrected chi connectivity index (χ3v) is 2.10. The van der Waals surface area contributed by atoms with Gasteiger partial charge in [-0.15, -0.1) is 0 Å². The van der Waals surface area contributed by atoms with Crippen LogP contribution >= 0.6 is 0 Å². The molecule has 10 heavy (non-hydrogen) atoms. The molecule has 0 spiro atoms. The smallest absolute Gasteiger partial charge is 0.217 e. The Morgan fingerprint density at radius 2 is 2.20 bits per heavy atom. The maximum absolute atomic E-state index is 10.6. The number of carbonyl (C=O) groups excluding carboxylic acids is 1. The SMILES string of the molecule is CC(=O)N[C@@H]1CC[C@H](C)C1. The molecule has 1 N–H and O–H groups in total. The Hall–Kier alpha value is -0.530. The van der Waals surface area contributed by atoms with Crippen LogP contribution in [0.5, 0.6) is 0 Å². The van der Waals surface area contributed by atoms with E-state index in [-0.39, 0.29) is 5.91 Å². The molecule has 2 heteroatoms. The van der Waals surface area contributed by atoms with Crippen LogP contribution in [-0.4, -0.2) is 11.9 Å². The monoisotopic (exact) mass is 141 g/mol. The normalized spacial score (nSPS) is 32.2. The second-order valence-corrected chi connectivity index (χ2v) is 3.32. The lowest BCUT2D eigenvalue weighted by molar-refractivity contribution is -0.119. The third-order valence-electron chi connectivity index (χ3n) is 2.10. The molecule has 0 bridgehead atoms. The highest BCUT2D eigenvalue weighted by Gasteiger charge is 2.21. The molecule has 0 unspecified atom stereocenters. The minimum atomic E-state index is 0.110. The first-order valence-corrected chi connectivity index (χ1v) is 3.95. The van der Waals surface area contributed by atoms with E-state index in [1.54, 1.807) is 6.92 Å². The summed E-state index contributed by atoms with van der Waals surface area (Å²) in [6, 6.07) is 0.465. The third kappa shape index (κ3) is 2.01. The second kappa shape index (κ2) is 3.04. The van der Waals surface area contributed by atoms with E-state index in [0.717, 1.165) is 5.92 Å². The summed E-state index contributed by atoms with van der Waals surface area (Å²) in [4.78, 5) is 10.6. The topological polar surface area (TPSA) is 29.1 Å². The van der Waals surface area contributed by atoms with Crippen molar-refractivity contribution in [3.63, 3.8) is 0 Å². The van der Waals surface area contributed by atoms with Crippen molar-refractivity contribution in [2.24, 2.45) is 5.92 Å². The van der Waals surface area contributed by atoms with E-state index in [1.165, 1.54) is 19.3 Å². The molecule has 2 atom stereocenters. The van der Waals surface area contributed by atoms with Crippen LogP contribution in [-0.2, 0) is 4.79 Å². The maximum Gasteiger partial charge on any atom is 0.217 e.